The van der Waals surface area contributed by atoms with Gasteiger partial charge in [-0.25, -0.2) is 4.79 Å². The Kier molecular flexibility index (Phi) is 15.7. The summed E-state index contributed by atoms with van der Waals surface area (Å²) in [4.78, 5) is 10.1. The van der Waals surface area contributed by atoms with Gasteiger partial charge >= 0.3 is 6.03 Å². The van der Waals surface area contributed by atoms with Crippen LogP contribution in [-0.4, -0.2) is 11.6 Å². The van der Waals surface area contributed by atoms with Crippen LogP contribution in [0.25, 0.3) is 0 Å². The topological polar surface area (TPSA) is 55.1 Å². The number of rotatable bonds is 0. The van der Waals surface area contributed by atoms with Crippen molar-refractivity contribution in [1.29, 1.82) is 0 Å². The monoisotopic (exact) mass is 190 g/mol. The van der Waals surface area contributed by atoms with E-state index in [0.717, 1.165) is 0 Å². The molecule has 0 aliphatic heterocycles. The first-order valence-electron chi connectivity index (χ1n) is 4.91. The van der Waals surface area contributed by atoms with Gasteiger partial charge in [-0.05, 0) is 20.8 Å². The molecule has 0 fully saturated rings. The third kappa shape index (κ3) is 53.1. The lowest BCUT2D eigenvalue weighted by atomic mass is 10.1. The highest BCUT2D eigenvalue weighted by Crippen LogP contribution is 1.95. The number of primary amides is 1. The molecule has 0 radical (unpaired) electrons. The number of hydrogen-bond acceptors (Lipinski definition) is 1. The van der Waals surface area contributed by atoms with Crippen LogP contribution in [-0.2, 0) is 0 Å². The van der Waals surface area contributed by atoms with Gasteiger partial charge in [0, 0.05) is 5.54 Å². The fraction of sp³-hybridized carbons (Fsp3) is 0.900. The molecule has 0 aromatic rings. The average molecular weight is 190 g/mol. The van der Waals surface area contributed by atoms with Crippen LogP contribution in [0, 0.1) is 0 Å². The van der Waals surface area contributed by atoms with E-state index in [0.29, 0.717) is 0 Å². The molecule has 0 spiro atoms. The number of hydrogen-bond donors (Lipinski definition) is 2. The first-order valence-corrected chi connectivity index (χ1v) is 4.91. The van der Waals surface area contributed by atoms with Gasteiger partial charge in [-0.3, -0.25) is 0 Å². The molecule has 3 N–H and O–H groups in total. The summed E-state index contributed by atoms with van der Waals surface area (Å²) in [5.41, 5.74) is 4.63. The highest BCUT2D eigenvalue weighted by molar-refractivity contribution is 5.72. The van der Waals surface area contributed by atoms with Gasteiger partial charge in [0.15, 0.2) is 0 Å². The van der Waals surface area contributed by atoms with Crippen molar-refractivity contribution in [2.45, 2.75) is 60.4 Å². The van der Waals surface area contributed by atoms with Gasteiger partial charge < -0.3 is 11.1 Å². The summed E-state index contributed by atoms with van der Waals surface area (Å²) in [5, 5.41) is 2.52. The Morgan fingerprint density at radius 2 is 1.46 bits per heavy atom. The van der Waals surface area contributed by atoms with E-state index in [1.165, 1.54) is 6.42 Å². The second-order valence-corrected chi connectivity index (χ2v) is 3.45. The SMILES string of the molecule is CC.CC(C)(C)NC(N)=O.CCC. The number of carbonyl (C=O) groups is 1. The molecular weight excluding hydrogens is 164 g/mol. The van der Waals surface area contributed by atoms with Crippen LogP contribution in [0.3, 0.4) is 0 Å². The van der Waals surface area contributed by atoms with Crippen LogP contribution in [0.5, 0.6) is 0 Å². The van der Waals surface area contributed by atoms with Crippen molar-refractivity contribution in [1.82, 2.24) is 5.32 Å². The summed E-state index contributed by atoms with van der Waals surface area (Å²) in [6.07, 6.45) is 1.25. The third-order valence-electron chi connectivity index (χ3n) is 0.498. The molecule has 2 amide bonds. The van der Waals surface area contributed by atoms with Gasteiger partial charge in [0.05, 0.1) is 0 Å². The molecule has 0 aliphatic carbocycles. The van der Waals surface area contributed by atoms with Gasteiger partial charge in [0.1, 0.15) is 0 Å². The summed E-state index contributed by atoms with van der Waals surface area (Å²) in [7, 11) is 0. The van der Waals surface area contributed by atoms with E-state index in [1.54, 1.807) is 0 Å². The van der Waals surface area contributed by atoms with E-state index in [2.05, 4.69) is 19.2 Å². The van der Waals surface area contributed by atoms with E-state index < -0.39 is 6.03 Å². The number of nitrogens with one attached hydrogen (secondary N) is 1. The normalized spacial score (nSPS) is 8.54. The fourth-order valence-electron chi connectivity index (χ4n) is 0.370. The number of amides is 2. The first-order chi connectivity index (χ1) is 5.83. The van der Waals surface area contributed by atoms with Crippen molar-refractivity contribution in [3.05, 3.63) is 0 Å². The standard InChI is InChI=1S/C5H12N2O.C3H8.C2H6/c1-5(2,3)7-4(6)8;1-3-2;1-2/h1-3H3,(H3,6,7,8);3H2,1-2H3;1-2H3. The Hall–Kier alpha value is -0.730. The molecule has 0 aliphatic rings. The van der Waals surface area contributed by atoms with Crippen molar-refractivity contribution >= 4 is 6.03 Å². The van der Waals surface area contributed by atoms with Gasteiger partial charge in [0.25, 0.3) is 0 Å². The summed E-state index contributed by atoms with van der Waals surface area (Å²) >= 11 is 0. The van der Waals surface area contributed by atoms with Crippen LogP contribution in [0.2, 0.25) is 0 Å². The predicted octanol–water partition coefficient (Wildman–Crippen LogP) is 2.90. The Balaban J connectivity index is -0.000000169. The van der Waals surface area contributed by atoms with Crippen molar-refractivity contribution in [2.24, 2.45) is 5.73 Å². The highest BCUT2D eigenvalue weighted by Gasteiger charge is 2.09. The molecule has 0 saturated heterocycles. The minimum atomic E-state index is -0.475. The Labute approximate surface area is 83.1 Å². The van der Waals surface area contributed by atoms with Crippen molar-refractivity contribution in [2.75, 3.05) is 0 Å². The zero-order valence-corrected chi connectivity index (χ0v) is 10.2. The molecule has 0 saturated carbocycles. The minimum Gasteiger partial charge on any atom is -0.352 e. The maximum atomic E-state index is 10.1. The van der Waals surface area contributed by atoms with Gasteiger partial charge in [0.2, 0.25) is 0 Å². The lowest BCUT2D eigenvalue weighted by Gasteiger charge is -2.17. The maximum absolute atomic E-state index is 10.1. The van der Waals surface area contributed by atoms with Crippen molar-refractivity contribution < 1.29 is 4.79 Å². The largest absolute Gasteiger partial charge is 0.352 e. The molecule has 0 bridgehead atoms. The fourth-order valence-corrected chi connectivity index (χ4v) is 0.370. The van der Waals surface area contributed by atoms with Crippen LogP contribution >= 0.6 is 0 Å². The highest BCUT2D eigenvalue weighted by atomic mass is 16.2. The van der Waals surface area contributed by atoms with Gasteiger partial charge in [-0.1, -0.05) is 34.1 Å². The van der Waals surface area contributed by atoms with E-state index >= 15 is 0 Å². The van der Waals surface area contributed by atoms with E-state index in [9.17, 15) is 4.79 Å². The molecule has 3 heteroatoms. The molecule has 0 aromatic heterocycles. The molecule has 0 rings (SSSR count). The van der Waals surface area contributed by atoms with E-state index in [-0.39, 0.29) is 5.54 Å². The summed E-state index contributed by atoms with van der Waals surface area (Å²) in [5.74, 6) is 0. The molecule has 3 nitrogen and oxygen atoms in total. The lowest BCUT2D eigenvalue weighted by Crippen LogP contribution is -2.43. The average Bonchev–Trinajstić information content (AvgIpc) is 1.87. The van der Waals surface area contributed by atoms with Gasteiger partial charge in [-0.2, -0.15) is 0 Å². The summed E-state index contributed by atoms with van der Waals surface area (Å²) in [6.45, 7) is 13.9. The Morgan fingerprint density at radius 3 is 1.46 bits per heavy atom. The Morgan fingerprint density at radius 1 is 1.23 bits per heavy atom. The number of carbonyl (C=O) groups excluding carboxylic acids is 1. The van der Waals surface area contributed by atoms with Crippen LogP contribution in [0.4, 0.5) is 4.79 Å². The quantitative estimate of drug-likeness (QED) is 0.606. The van der Waals surface area contributed by atoms with Gasteiger partial charge in [-0.15, -0.1) is 0 Å². The molecular formula is C10H26N2O. The lowest BCUT2D eigenvalue weighted by molar-refractivity contribution is 0.240. The van der Waals surface area contributed by atoms with E-state index in [1.807, 2.05) is 34.6 Å². The molecule has 13 heavy (non-hydrogen) atoms. The first kappa shape index (κ1) is 18.1. The molecule has 0 aromatic carbocycles. The van der Waals surface area contributed by atoms with Crippen molar-refractivity contribution in [3.8, 4) is 0 Å². The maximum Gasteiger partial charge on any atom is 0.312 e. The second-order valence-electron chi connectivity index (χ2n) is 3.45. The zero-order valence-electron chi connectivity index (χ0n) is 10.2. The second kappa shape index (κ2) is 11.3. The van der Waals surface area contributed by atoms with Crippen LogP contribution < -0.4 is 11.1 Å². The van der Waals surface area contributed by atoms with Crippen LogP contribution in [0.1, 0.15) is 54.9 Å². The smallest absolute Gasteiger partial charge is 0.312 e. The predicted molar refractivity (Wildman–Crippen MR) is 59.8 cm³/mol. The summed E-state index contributed by atoms with van der Waals surface area (Å²) < 4.78 is 0. The molecule has 82 valence electrons. The third-order valence-corrected chi connectivity index (χ3v) is 0.498. The molecule has 0 unspecified atom stereocenters. The Bertz CT molecular complexity index is 106. The number of urea groups is 1. The number of nitrogens with two attached hydrogens (primary N) is 1. The molecule has 0 heterocycles. The molecule has 0 atom stereocenters. The van der Waals surface area contributed by atoms with Crippen LogP contribution in [0.15, 0.2) is 0 Å². The van der Waals surface area contributed by atoms with Crippen molar-refractivity contribution in [3.63, 3.8) is 0 Å². The summed E-state index contributed by atoms with van der Waals surface area (Å²) in [6, 6.07) is -0.475. The van der Waals surface area contributed by atoms with E-state index in [4.69, 9.17) is 5.73 Å². The minimum absolute atomic E-state index is 0.203. The zero-order chi connectivity index (χ0) is 11.5.